The van der Waals surface area contributed by atoms with Gasteiger partial charge in [0.2, 0.25) is 0 Å². The Kier molecular flexibility index (Phi) is 4.13. The van der Waals surface area contributed by atoms with E-state index in [9.17, 15) is 13.2 Å². The first kappa shape index (κ1) is 15.6. The van der Waals surface area contributed by atoms with Crippen molar-refractivity contribution < 1.29 is 13.2 Å². The number of aromatic nitrogens is 2. The normalized spacial score (nSPS) is 11.0. The van der Waals surface area contributed by atoms with Crippen LogP contribution in [-0.2, 0) is 13.5 Å². The van der Waals surface area contributed by atoms with Crippen molar-refractivity contribution in [1.82, 2.24) is 9.78 Å². The van der Waals surface area contributed by atoms with E-state index in [1.54, 1.807) is 24.0 Å². The highest BCUT2D eigenvalue weighted by Crippen LogP contribution is 2.32. The summed E-state index contributed by atoms with van der Waals surface area (Å²) in [5.74, 6) is -1.70. The Morgan fingerprint density at radius 3 is 2.39 bits per heavy atom. The zero-order valence-corrected chi connectivity index (χ0v) is 12.9. The van der Waals surface area contributed by atoms with Gasteiger partial charge in [-0.25, -0.2) is 13.2 Å². The summed E-state index contributed by atoms with van der Waals surface area (Å²) >= 11 is 6.10. The van der Waals surface area contributed by atoms with Gasteiger partial charge in [-0.2, -0.15) is 5.10 Å². The molecule has 0 fully saturated rings. The Hall–Kier alpha value is -2.27. The number of halogens is 4. The molecule has 118 valence electrons. The van der Waals surface area contributed by atoms with Crippen LogP contribution in [0.1, 0.15) is 11.3 Å². The first-order chi connectivity index (χ1) is 10.9. The van der Waals surface area contributed by atoms with Crippen molar-refractivity contribution in [2.45, 2.75) is 6.42 Å². The van der Waals surface area contributed by atoms with Crippen molar-refractivity contribution in [2.24, 2.45) is 7.05 Å². The minimum atomic E-state index is -0.633. The molecule has 3 aromatic rings. The zero-order valence-electron chi connectivity index (χ0n) is 12.2. The van der Waals surface area contributed by atoms with Crippen molar-refractivity contribution in [3.63, 3.8) is 0 Å². The summed E-state index contributed by atoms with van der Waals surface area (Å²) in [6.45, 7) is 0. The number of aryl methyl sites for hydroxylation is 1. The van der Waals surface area contributed by atoms with Crippen LogP contribution in [-0.4, -0.2) is 9.78 Å². The molecule has 0 atom stereocenters. The molecule has 0 saturated carbocycles. The lowest BCUT2D eigenvalue weighted by Crippen LogP contribution is -1.97. The SMILES string of the molecule is Cn1cc(-c2ccc(F)cc2Cl)c(Cc2ccc(F)cc2F)n1. The van der Waals surface area contributed by atoms with Crippen LogP contribution in [0.3, 0.4) is 0 Å². The second-order valence-electron chi connectivity index (χ2n) is 5.20. The molecule has 0 aliphatic carbocycles. The lowest BCUT2D eigenvalue weighted by atomic mass is 10.0. The van der Waals surface area contributed by atoms with E-state index in [1.165, 1.54) is 24.3 Å². The summed E-state index contributed by atoms with van der Waals surface area (Å²) in [5.41, 5.74) is 2.19. The van der Waals surface area contributed by atoms with Gasteiger partial charge >= 0.3 is 0 Å². The minimum absolute atomic E-state index is 0.177. The van der Waals surface area contributed by atoms with Gasteiger partial charge in [0.25, 0.3) is 0 Å². The number of benzene rings is 2. The average molecular weight is 337 g/mol. The van der Waals surface area contributed by atoms with E-state index in [1.807, 2.05) is 0 Å². The zero-order chi connectivity index (χ0) is 16.6. The van der Waals surface area contributed by atoms with Gasteiger partial charge in [-0.3, -0.25) is 4.68 Å². The molecule has 0 unspecified atom stereocenters. The highest BCUT2D eigenvalue weighted by atomic mass is 35.5. The van der Waals surface area contributed by atoms with Crippen LogP contribution < -0.4 is 0 Å². The predicted molar refractivity (Wildman–Crippen MR) is 82.8 cm³/mol. The summed E-state index contributed by atoms with van der Waals surface area (Å²) < 4.78 is 41.7. The van der Waals surface area contributed by atoms with Crippen LogP contribution in [0, 0.1) is 17.5 Å². The lowest BCUT2D eigenvalue weighted by Gasteiger charge is -2.06. The van der Waals surface area contributed by atoms with Gasteiger partial charge in [0, 0.05) is 36.9 Å². The summed E-state index contributed by atoms with van der Waals surface area (Å²) in [6, 6.07) is 7.49. The van der Waals surface area contributed by atoms with Crippen molar-refractivity contribution in [3.8, 4) is 11.1 Å². The van der Waals surface area contributed by atoms with Gasteiger partial charge < -0.3 is 0 Å². The maximum absolute atomic E-state index is 13.9. The van der Waals surface area contributed by atoms with Crippen LogP contribution in [0.2, 0.25) is 5.02 Å². The second kappa shape index (κ2) is 6.08. The Labute approximate surface area is 136 Å². The lowest BCUT2D eigenvalue weighted by molar-refractivity contribution is 0.573. The number of hydrogen-bond donors (Lipinski definition) is 0. The fourth-order valence-corrected chi connectivity index (χ4v) is 2.71. The molecule has 2 nitrogen and oxygen atoms in total. The third kappa shape index (κ3) is 3.24. The number of nitrogens with zero attached hydrogens (tertiary/aromatic N) is 2. The molecule has 0 aliphatic heterocycles. The molecule has 6 heteroatoms. The molecule has 0 saturated heterocycles. The highest BCUT2D eigenvalue weighted by Gasteiger charge is 2.15. The molecule has 0 spiro atoms. The van der Waals surface area contributed by atoms with E-state index < -0.39 is 17.5 Å². The Bertz CT molecular complexity index is 874. The summed E-state index contributed by atoms with van der Waals surface area (Å²) in [7, 11) is 1.73. The van der Waals surface area contributed by atoms with E-state index in [2.05, 4.69) is 5.10 Å². The maximum atomic E-state index is 13.9. The summed E-state index contributed by atoms with van der Waals surface area (Å²) in [6.07, 6.45) is 1.91. The minimum Gasteiger partial charge on any atom is -0.275 e. The average Bonchev–Trinajstić information content (AvgIpc) is 2.82. The van der Waals surface area contributed by atoms with Crippen LogP contribution >= 0.6 is 11.6 Å². The molecular formula is C17H12ClF3N2. The van der Waals surface area contributed by atoms with Gasteiger partial charge in [0.05, 0.1) is 10.7 Å². The third-order valence-corrected chi connectivity index (χ3v) is 3.81. The first-order valence-corrected chi connectivity index (χ1v) is 7.23. The van der Waals surface area contributed by atoms with Crippen LogP contribution in [0.4, 0.5) is 13.2 Å². The topological polar surface area (TPSA) is 17.8 Å². The monoisotopic (exact) mass is 336 g/mol. The number of hydrogen-bond acceptors (Lipinski definition) is 1. The van der Waals surface area contributed by atoms with Gasteiger partial charge in [-0.15, -0.1) is 0 Å². The largest absolute Gasteiger partial charge is 0.275 e. The van der Waals surface area contributed by atoms with E-state index in [0.717, 1.165) is 6.07 Å². The second-order valence-corrected chi connectivity index (χ2v) is 5.61. The molecule has 0 radical (unpaired) electrons. The molecule has 1 aromatic heterocycles. The summed E-state index contributed by atoms with van der Waals surface area (Å²) in [4.78, 5) is 0. The molecule has 0 N–H and O–H groups in total. The predicted octanol–water partition coefficient (Wildman–Crippen LogP) is 4.75. The maximum Gasteiger partial charge on any atom is 0.129 e. The number of rotatable bonds is 3. The van der Waals surface area contributed by atoms with Crippen molar-refractivity contribution >= 4 is 11.6 Å². The quantitative estimate of drug-likeness (QED) is 0.675. The van der Waals surface area contributed by atoms with E-state index >= 15 is 0 Å². The molecule has 0 amide bonds. The van der Waals surface area contributed by atoms with Crippen molar-refractivity contribution in [1.29, 1.82) is 0 Å². The van der Waals surface area contributed by atoms with Gasteiger partial charge in [-0.1, -0.05) is 17.7 Å². The Morgan fingerprint density at radius 2 is 1.70 bits per heavy atom. The van der Waals surface area contributed by atoms with Crippen molar-refractivity contribution in [2.75, 3.05) is 0 Å². The van der Waals surface area contributed by atoms with E-state index in [-0.39, 0.29) is 11.4 Å². The Morgan fingerprint density at radius 1 is 1.00 bits per heavy atom. The fraction of sp³-hybridized carbons (Fsp3) is 0.118. The standard InChI is InChI=1S/C17H12ClF3N2/c1-23-9-14(13-5-4-11(19)7-15(13)18)17(22-23)6-10-2-3-12(20)8-16(10)21/h2-5,7-9H,6H2,1H3. The highest BCUT2D eigenvalue weighted by molar-refractivity contribution is 6.33. The molecular weight excluding hydrogens is 325 g/mol. The van der Waals surface area contributed by atoms with Gasteiger partial charge in [-0.05, 0) is 29.8 Å². The molecule has 0 bridgehead atoms. The van der Waals surface area contributed by atoms with E-state index in [0.29, 0.717) is 22.4 Å². The smallest absolute Gasteiger partial charge is 0.129 e. The molecule has 1 heterocycles. The third-order valence-electron chi connectivity index (χ3n) is 3.50. The first-order valence-electron chi connectivity index (χ1n) is 6.86. The molecule has 0 aliphatic rings. The van der Waals surface area contributed by atoms with Crippen molar-refractivity contribution in [3.05, 3.63) is 76.3 Å². The van der Waals surface area contributed by atoms with Crippen LogP contribution in [0.25, 0.3) is 11.1 Å². The van der Waals surface area contributed by atoms with Crippen LogP contribution in [0.15, 0.2) is 42.6 Å². The fourth-order valence-electron chi connectivity index (χ4n) is 2.44. The van der Waals surface area contributed by atoms with Gasteiger partial charge in [0.15, 0.2) is 0 Å². The van der Waals surface area contributed by atoms with E-state index in [4.69, 9.17) is 11.6 Å². The molecule has 3 rings (SSSR count). The molecule has 23 heavy (non-hydrogen) atoms. The Balaban J connectivity index is 2.04. The van der Waals surface area contributed by atoms with Gasteiger partial charge in [0.1, 0.15) is 17.5 Å². The molecule has 2 aromatic carbocycles. The van der Waals surface area contributed by atoms with Crippen LogP contribution in [0.5, 0.6) is 0 Å². The summed E-state index contributed by atoms with van der Waals surface area (Å²) in [5, 5.41) is 4.56.